The third kappa shape index (κ3) is 20.6. The summed E-state index contributed by atoms with van der Waals surface area (Å²) in [4.78, 5) is 149. The number of aliphatic hydroxyl groups excluding tert-OH is 2. The van der Waals surface area contributed by atoms with E-state index in [0.717, 1.165) is 83.1 Å². The predicted octanol–water partition coefficient (Wildman–Crippen LogP) is -4.92. The van der Waals surface area contributed by atoms with E-state index >= 15 is 0 Å². The SMILES string of the molecule is CC(=O)OC[C@H]1O[C@@H](O[C@@]2(O)[C@H](OC(C)=O)[C@@H](OC(C)=O)[C@H](OCC(N)CO[C@@H]3O[C@H](COC(C)=O)[C@@](O)(O[C@@H]4O[C@H](COC(C)=O)[C@H](OC(C)=O)[C@H](OC(C)=O)[C@H]4O)[C@H](OC(C)=O)[C@H]3OC(C)=O)O[C@@H]2COC(C)=O)[C@H](O)[C@@H](OC(C)=O)[C@H]1OC(C)=O. The highest BCUT2D eigenvalue weighted by atomic mass is 16.8. The van der Waals surface area contributed by atoms with Gasteiger partial charge in [-0.05, 0) is 0 Å². The summed E-state index contributed by atoms with van der Waals surface area (Å²) in [6, 6.07) is -1.47. The van der Waals surface area contributed by atoms with Gasteiger partial charge in [-0.25, -0.2) is 0 Å². The van der Waals surface area contributed by atoms with Gasteiger partial charge in [0.05, 0.1) is 19.3 Å². The van der Waals surface area contributed by atoms with Crippen molar-refractivity contribution < 1.29 is 173 Å². The second kappa shape index (κ2) is 32.6. The minimum absolute atomic E-state index is 0.771. The summed E-state index contributed by atoms with van der Waals surface area (Å²) in [6.07, 6.45) is -37.1. The summed E-state index contributed by atoms with van der Waals surface area (Å²) in [5, 5.41) is 48.6. The fourth-order valence-electron chi connectivity index (χ4n) is 9.16. The number of nitrogens with two attached hydrogens (primary N) is 1. The van der Waals surface area contributed by atoms with Gasteiger partial charge in [0.25, 0.3) is 0 Å². The molecular formula is C51H73NO36. The van der Waals surface area contributed by atoms with E-state index in [-0.39, 0.29) is 0 Å². The largest absolute Gasteiger partial charge is 0.463 e. The van der Waals surface area contributed by atoms with Crippen LogP contribution in [0.3, 0.4) is 0 Å². The quantitative estimate of drug-likeness (QED) is 0.0308. The second-order valence-corrected chi connectivity index (χ2v) is 19.9. The molecular weight excluding hydrogens is 1200 g/mol. The predicted molar refractivity (Wildman–Crippen MR) is 270 cm³/mol. The maximum absolute atomic E-state index is 12.9. The standard InChI is InChI=1S/C51H73NO36/c1-19(53)69-15-32-38(75-23(5)57)40(77-25(7)59)36(65)46(83-32)87-50(67)34(17-71-21(3)55)85-48(42(79-27(9)61)44(50)81-29(11)63)73-13-31(52)14-74-49-43(80-28(10)62)45(82-30(12)64)51(68,35(86-49)18-72-22(4)56)88-47-37(66)41(78-26(8)60)39(76-24(6)58)33(84-47)16-70-20(2)54/h31-49,65-68H,13-18,52H2,1-12H3/t32-,33-,34-,35-,36-,37-,38+,39+,40-,41-,42-,43-,44-,45-,46+,47+,48-,49-,50-,51-/m1/s1. The monoisotopic (exact) mass is 1280 g/mol. The molecule has 4 aliphatic heterocycles. The lowest BCUT2D eigenvalue weighted by Crippen LogP contribution is -2.73. The third-order valence-electron chi connectivity index (χ3n) is 12.4. The highest BCUT2D eigenvalue weighted by molar-refractivity contribution is 5.70. The van der Waals surface area contributed by atoms with Crippen LogP contribution in [0.2, 0.25) is 0 Å². The molecule has 4 saturated heterocycles. The number of aliphatic hydroxyl groups is 4. The van der Waals surface area contributed by atoms with Gasteiger partial charge in [0.2, 0.25) is 11.6 Å². The van der Waals surface area contributed by atoms with Crippen molar-refractivity contribution in [2.45, 2.75) is 211 Å². The first kappa shape index (κ1) is 73.6. The summed E-state index contributed by atoms with van der Waals surface area (Å²) >= 11 is 0. The van der Waals surface area contributed by atoms with Crippen LogP contribution < -0.4 is 5.73 Å². The highest BCUT2D eigenvalue weighted by Crippen LogP contribution is 2.42. The molecule has 0 radical (unpaired) electrons. The van der Waals surface area contributed by atoms with Gasteiger partial charge in [-0.2, -0.15) is 0 Å². The summed E-state index contributed by atoms with van der Waals surface area (Å²) in [6.45, 7) is 5.75. The number of hydrogen-bond donors (Lipinski definition) is 5. The molecule has 20 atom stereocenters. The Kier molecular flexibility index (Phi) is 27.2. The molecule has 4 aliphatic rings. The number of carbonyl (C=O) groups excluding carboxylic acids is 12. The maximum atomic E-state index is 12.9. The molecule has 37 nitrogen and oxygen atoms in total. The zero-order valence-electron chi connectivity index (χ0n) is 49.6. The van der Waals surface area contributed by atoms with E-state index in [2.05, 4.69) is 0 Å². The van der Waals surface area contributed by atoms with Crippen LogP contribution in [0.1, 0.15) is 83.1 Å². The van der Waals surface area contributed by atoms with Crippen LogP contribution in [-0.4, -0.2) is 260 Å². The molecule has 498 valence electrons. The molecule has 4 rings (SSSR count). The molecule has 0 aromatic rings. The molecule has 37 heteroatoms. The first-order chi connectivity index (χ1) is 41.0. The number of esters is 12. The van der Waals surface area contributed by atoms with Gasteiger partial charge in [-0.15, -0.1) is 0 Å². The van der Waals surface area contributed by atoms with E-state index < -0.39 is 240 Å². The lowest BCUT2D eigenvalue weighted by molar-refractivity contribution is -0.441. The van der Waals surface area contributed by atoms with E-state index in [1.807, 2.05) is 0 Å². The lowest BCUT2D eigenvalue weighted by Gasteiger charge is -2.52. The third-order valence-corrected chi connectivity index (χ3v) is 12.4. The van der Waals surface area contributed by atoms with E-state index in [4.69, 9.17) is 100 Å². The van der Waals surface area contributed by atoms with Crippen molar-refractivity contribution in [2.75, 3.05) is 39.6 Å². The fraction of sp³-hybridized carbons (Fsp3) is 0.765. The maximum Gasteiger partial charge on any atom is 0.303 e. The van der Waals surface area contributed by atoms with Crippen molar-refractivity contribution >= 4 is 71.6 Å². The first-order valence-corrected chi connectivity index (χ1v) is 26.7. The molecule has 0 aliphatic carbocycles. The summed E-state index contributed by atoms with van der Waals surface area (Å²) in [5.41, 5.74) is 6.45. The molecule has 0 saturated carbocycles. The summed E-state index contributed by atoms with van der Waals surface area (Å²) in [5.74, 6) is -19.3. The highest BCUT2D eigenvalue weighted by Gasteiger charge is 2.66. The van der Waals surface area contributed by atoms with E-state index in [1.54, 1.807) is 0 Å². The molecule has 4 heterocycles. The van der Waals surface area contributed by atoms with Crippen LogP contribution in [0.25, 0.3) is 0 Å². The molecule has 4 fully saturated rings. The van der Waals surface area contributed by atoms with E-state index in [9.17, 15) is 78.0 Å². The smallest absolute Gasteiger partial charge is 0.303 e. The minimum Gasteiger partial charge on any atom is -0.463 e. The topological polar surface area (TPSA) is 496 Å². The Balaban J connectivity index is 1.73. The summed E-state index contributed by atoms with van der Waals surface area (Å²) < 4.78 is 111. The van der Waals surface area contributed by atoms with Crippen LogP contribution in [0.4, 0.5) is 0 Å². The molecule has 88 heavy (non-hydrogen) atoms. The van der Waals surface area contributed by atoms with Crippen molar-refractivity contribution in [3.05, 3.63) is 0 Å². The van der Waals surface area contributed by atoms with Gasteiger partial charge < -0.3 is 121 Å². The van der Waals surface area contributed by atoms with Crippen molar-refractivity contribution in [3.63, 3.8) is 0 Å². The Hall–Kier alpha value is -6.88. The Morgan fingerprint density at radius 3 is 0.898 bits per heavy atom. The Bertz CT molecular complexity index is 2350. The fourth-order valence-corrected chi connectivity index (χ4v) is 9.16. The zero-order valence-corrected chi connectivity index (χ0v) is 49.6. The molecule has 0 unspecified atom stereocenters. The number of rotatable bonds is 26. The van der Waals surface area contributed by atoms with Gasteiger partial charge in [0, 0.05) is 83.1 Å². The Morgan fingerprint density at radius 2 is 0.625 bits per heavy atom. The van der Waals surface area contributed by atoms with Crippen molar-refractivity contribution in [2.24, 2.45) is 5.73 Å². The molecule has 6 N–H and O–H groups in total. The van der Waals surface area contributed by atoms with Crippen molar-refractivity contribution in [1.82, 2.24) is 0 Å². The average molecular weight is 1280 g/mol. The molecule has 0 bridgehead atoms. The molecule has 0 spiro atoms. The van der Waals surface area contributed by atoms with E-state index in [1.165, 1.54) is 0 Å². The second-order valence-electron chi connectivity index (χ2n) is 19.9. The van der Waals surface area contributed by atoms with Gasteiger partial charge >= 0.3 is 71.6 Å². The van der Waals surface area contributed by atoms with Gasteiger partial charge in [0.1, 0.15) is 50.8 Å². The zero-order chi connectivity index (χ0) is 66.3. The van der Waals surface area contributed by atoms with Crippen LogP contribution in [-0.2, 0) is 152 Å². The van der Waals surface area contributed by atoms with Crippen LogP contribution in [0, 0.1) is 0 Å². The van der Waals surface area contributed by atoms with Gasteiger partial charge in [0.15, 0.2) is 86.2 Å². The minimum atomic E-state index is -3.31. The molecule has 0 aromatic heterocycles. The van der Waals surface area contributed by atoms with E-state index in [0.29, 0.717) is 0 Å². The van der Waals surface area contributed by atoms with Gasteiger partial charge in [-0.3, -0.25) is 57.5 Å². The van der Waals surface area contributed by atoms with Crippen molar-refractivity contribution in [1.29, 1.82) is 0 Å². The summed E-state index contributed by atoms with van der Waals surface area (Å²) in [7, 11) is 0. The number of ether oxygens (including phenoxy) is 20. The normalized spacial score (nSPS) is 33.9. The Labute approximate surface area is 500 Å². The Morgan fingerprint density at radius 1 is 0.364 bits per heavy atom. The molecule has 0 aromatic carbocycles. The number of hydrogen-bond acceptors (Lipinski definition) is 37. The van der Waals surface area contributed by atoms with Crippen LogP contribution in [0.15, 0.2) is 0 Å². The lowest BCUT2D eigenvalue weighted by atomic mass is 9.93. The average Bonchev–Trinajstić information content (AvgIpc) is 0.837. The van der Waals surface area contributed by atoms with Gasteiger partial charge in [-0.1, -0.05) is 0 Å². The first-order valence-electron chi connectivity index (χ1n) is 26.7. The van der Waals surface area contributed by atoms with Crippen LogP contribution in [0.5, 0.6) is 0 Å². The van der Waals surface area contributed by atoms with Crippen molar-refractivity contribution in [3.8, 4) is 0 Å². The number of carbonyl (C=O) groups is 12. The molecule has 0 amide bonds. The van der Waals surface area contributed by atoms with Crippen LogP contribution >= 0.6 is 0 Å².